The van der Waals surface area contributed by atoms with Crippen LogP contribution in [0, 0.1) is 17.8 Å². The summed E-state index contributed by atoms with van der Waals surface area (Å²) in [5.74, 6) is -0.253. The third kappa shape index (κ3) is 7.93. The van der Waals surface area contributed by atoms with E-state index < -0.39 is 23.8 Å². The molecule has 1 saturated carbocycles. The molecule has 6 atom stereocenters. The Bertz CT molecular complexity index is 1510. The van der Waals surface area contributed by atoms with Gasteiger partial charge < -0.3 is 38.9 Å². The summed E-state index contributed by atoms with van der Waals surface area (Å²) in [6.45, 7) is 8.84. The number of fused-ring (bicyclic) bond motifs is 2. The number of hydrogen-bond acceptors (Lipinski definition) is 9. The van der Waals surface area contributed by atoms with Gasteiger partial charge in [-0.1, -0.05) is 73.1 Å². The minimum atomic E-state index is -1.33. The van der Waals surface area contributed by atoms with Gasteiger partial charge in [0.1, 0.15) is 30.8 Å². The van der Waals surface area contributed by atoms with Gasteiger partial charge in [-0.15, -0.1) is 6.58 Å². The van der Waals surface area contributed by atoms with Crippen molar-refractivity contribution in [3.05, 3.63) is 96.6 Å². The zero-order valence-electron chi connectivity index (χ0n) is 29.4. The van der Waals surface area contributed by atoms with E-state index >= 15 is 0 Å². The van der Waals surface area contributed by atoms with Crippen LogP contribution in [-0.2, 0) is 20.9 Å². The number of rotatable bonds is 18. The Labute approximate surface area is 296 Å². The Balaban J connectivity index is 1.73. The Hall–Kier alpha value is -4.12. The van der Waals surface area contributed by atoms with Crippen LogP contribution in [0.2, 0.25) is 0 Å². The summed E-state index contributed by atoms with van der Waals surface area (Å²) in [4.78, 5) is 20.9. The van der Waals surface area contributed by atoms with E-state index in [1.807, 2.05) is 42.5 Å². The zero-order chi connectivity index (χ0) is 35.5. The maximum Gasteiger partial charge on any atom is 0.409 e. The van der Waals surface area contributed by atoms with E-state index in [1.165, 1.54) is 7.11 Å². The Morgan fingerprint density at radius 3 is 2.48 bits per heavy atom. The number of carbonyl (C=O) groups excluding carboxylic acids is 1. The molecule has 2 aromatic carbocycles. The number of allylic oxidation sites excluding steroid dienone is 1. The molecule has 0 radical (unpaired) electrons. The Morgan fingerprint density at radius 1 is 1.04 bits per heavy atom. The Morgan fingerprint density at radius 2 is 1.78 bits per heavy atom. The summed E-state index contributed by atoms with van der Waals surface area (Å²) in [5.41, 5.74) is 3.67. The van der Waals surface area contributed by atoms with Crippen molar-refractivity contribution in [3.8, 4) is 11.5 Å². The summed E-state index contributed by atoms with van der Waals surface area (Å²) in [6.07, 6.45) is 10.3. The number of benzene rings is 2. The minimum Gasteiger partial charge on any atom is -0.490 e. The second-order valence-corrected chi connectivity index (χ2v) is 13.2. The number of nitrogens with zero attached hydrogens (tertiary/aromatic N) is 2. The molecule has 1 fully saturated rings. The third-order valence-electron chi connectivity index (χ3n) is 10.2. The molecule has 1 amide bonds. The quantitative estimate of drug-likeness (QED) is 0.1000. The molecule has 5 rings (SSSR count). The second kappa shape index (κ2) is 17.7. The molecule has 0 bridgehead atoms. The number of carbonyl (C=O) groups is 1. The number of unbranched alkanes of at least 4 members (excludes halogenated alkanes) is 2. The monoisotopic (exact) mass is 688 g/mol. The molecule has 0 saturated heterocycles. The first-order chi connectivity index (χ1) is 24.4. The number of amides is 1. The predicted molar refractivity (Wildman–Crippen MR) is 192 cm³/mol. The molecule has 2 aliphatic carbocycles. The maximum atomic E-state index is 13.3. The minimum absolute atomic E-state index is 0.115. The van der Waals surface area contributed by atoms with Crippen molar-refractivity contribution in [2.45, 2.75) is 69.3 Å². The largest absolute Gasteiger partial charge is 0.490 e. The third-order valence-corrected chi connectivity index (χ3v) is 10.2. The highest BCUT2D eigenvalue weighted by atomic mass is 16.7. The van der Waals surface area contributed by atoms with Gasteiger partial charge in [-0.05, 0) is 66.9 Å². The van der Waals surface area contributed by atoms with E-state index in [0.29, 0.717) is 37.4 Å². The van der Waals surface area contributed by atoms with Crippen molar-refractivity contribution in [3.63, 3.8) is 0 Å². The highest BCUT2D eigenvalue weighted by molar-refractivity contribution is 6.02. The lowest BCUT2D eigenvalue weighted by Crippen LogP contribution is -2.69. The molecule has 2 aromatic rings. The SMILES string of the molecule is C=CCOc1ccc2c(c1)C1C(CCCCO)C(CCCCO)C=C3C(=NOCc4ccccc4)CC(N(C)C(=O)OC)C(OCC=C)(O2)C31. The molecular formula is C40H52N2O8. The molecule has 10 heteroatoms. The van der Waals surface area contributed by atoms with Crippen molar-refractivity contribution in [1.29, 1.82) is 0 Å². The second-order valence-electron chi connectivity index (χ2n) is 13.2. The number of methoxy groups -OCH3 is 1. The molecule has 1 aliphatic heterocycles. The molecule has 3 aliphatic rings. The molecule has 0 spiro atoms. The van der Waals surface area contributed by atoms with Gasteiger partial charge in [-0.3, -0.25) is 0 Å². The maximum absolute atomic E-state index is 13.3. The van der Waals surface area contributed by atoms with Crippen LogP contribution in [0.5, 0.6) is 11.5 Å². The first-order valence-electron chi connectivity index (χ1n) is 17.7. The van der Waals surface area contributed by atoms with Gasteiger partial charge in [0.15, 0.2) is 0 Å². The molecule has 2 N–H and O–H groups in total. The van der Waals surface area contributed by atoms with Crippen LogP contribution in [0.4, 0.5) is 4.79 Å². The molecule has 50 heavy (non-hydrogen) atoms. The van der Waals surface area contributed by atoms with Crippen LogP contribution in [0.1, 0.15) is 62.0 Å². The molecule has 6 unspecified atom stereocenters. The Kier molecular flexibility index (Phi) is 13.1. The molecule has 1 heterocycles. The van der Waals surface area contributed by atoms with Crippen LogP contribution in [0.25, 0.3) is 0 Å². The lowest BCUT2D eigenvalue weighted by Gasteiger charge is -2.59. The summed E-state index contributed by atoms with van der Waals surface area (Å²) in [6, 6.07) is 15.1. The number of hydrogen-bond donors (Lipinski definition) is 2. The molecule has 0 aromatic heterocycles. The standard InChI is InChI=1S/C40H52N2O8/c1-5-22-47-30-18-19-35-33(25-30)37-31(17-11-13-21-44)29(16-10-12-20-43)24-32-34(41-49-27-28-14-8-7-9-15-28)26-36(42(3)39(45)46-4)40(50-35,38(32)37)48-23-6-2/h5-9,14-15,18-19,24-25,29,31,36-38,43-44H,1-2,10-13,16-17,20-23,26-27H2,3-4H3. The van der Waals surface area contributed by atoms with Crippen LogP contribution < -0.4 is 9.47 Å². The van der Waals surface area contributed by atoms with Gasteiger partial charge in [0.2, 0.25) is 5.79 Å². The molecular weight excluding hydrogens is 636 g/mol. The highest BCUT2D eigenvalue weighted by Gasteiger charge is 2.65. The lowest BCUT2D eigenvalue weighted by molar-refractivity contribution is -0.253. The van der Waals surface area contributed by atoms with Gasteiger partial charge in [0.05, 0.1) is 25.3 Å². The van der Waals surface area contributed by atoms with Crippen molar-refractivity contribution in [2.24, 2.45) is 22.9 Å². The van der Waals surface area contributed by atoms with Crippen LogP contribution >= 0.6 is 0 Å². The summed E-state index contributed by atoms with van der Waals surface area (Å²) >= 11 is 0. The van der Waals surface area contributed by atoms with Crippen LogP contribution in [-0.4, -0.2) is 79.3 Å². The number of ether oxygens (including phenoxy) is 4. The van der Waals surface area contributed by atoms with Crippen molar-refractivity contribution >= 4 is 11.8 Å². The van der Waals surface area contributed by atoms with Crippen molar-refractivity contribution in [1.82, 2.24) is 4.90 Å². The summed E-state index contributed by atoms with van der Waals surface area (Å²) < 4.78 is 25.2. The predicted octanol–water partition coefficient (Wildman–Crippen LogP) is 6.78. The van der Waals surface area contributed by atoms with Crippen molar-refractivity contribution < 1.29 is 38.8 Å². The number of aliphatic hydroxyl groups is 2. The number of likely N-dealkylation sites (N-methyl/N-ethyl adjacent to an activating group) is 1. The highest BCUT2D eigenvalue weighted by Crippen LogP contribution is 2.61. The van der Waals surface area contributed by atoms with Gasteiger partial charge in [0.25, 0.3) is 0 Å². The van der Waals surface area contributed by atoms with E-state index in [1.54, 1.807) is 24.1 Å². The first kappa shape index (κ1) is 37.1. The van der Waals surface area contributed by atoms with Gasteiger partial charge in [-0.25, -0.2) is 4.79 Å². The smallest absolute Gasteiger partial charge is 0.409 e. The van der Waals surface area contributed by atoms with E-state index in [9.17, 15) is 15.0 Å². The van der Waals surface area contributed by atoms with Crippen LogP contribution in [0.15, 0.2) is 90.6 Å². The summed E-state index contributed by atoms with van der Waals surface area (Å²) in [7, 11) is 3.06. The van der Waals surface area contributed by atoms with E-state index in [-0.39, 0.29) is 44.2 Å². The number of oxime groups is 1. The molecule has 270 valence electrons. The van der Waals surface area contributed by atoms with Gasteiger partial charge in [-0.2, -0.15) is 0 Å². The van der Waals surface area contributed by atoms with E-state index in [2.05, 4.69) is 25.3 Å². The van der Waals surface area contributed by atoms with Crippen molar-refractivity contribution in [2.75, 3.05) is 40.6 Å². The van der Waals surface area contributed by atoms with Crippen LogP contribution in [0.3, 0.4) is 0 Å². The average molecular weight is 689 g/mol. The summed E-state index contributed by atoms with van der Waals surface area (Å²) in [5, 5.41) is 24.3. The average Bonchev–Trinajstić information content (AvgIpc) is 3.14. The molecule has 10 nitrogen and oxygen atoms in total. The lowest BCUT2D eigenvalue weighted by atomic mass is 9.55. The van der Waals surface area contributed by atoms with Gasteiger partial charge in [0, 0.05) is 38.2 Å². The fourth-order valence-corrected chi connectivity index (χ4v) is 8.00. The number of aliphatic hydroxyl groups excluding tert-OH is 2. The fourth-order valence-electron chi connectivity index (χ4n) is 8.00. The zero-order valence-corrected chi connectivity index (χ0v) is 29.4. The van der Waals surface area contributed by atoms with E-state index in [0.717, 1.165) is 48.1 Å². The normalized spacial score (nSPS) is 25.7. The van der Waals surface area contributed by atoms with E-state index in [4.69, 9.17) is 28.9 Å². The first-order valence-corrected chi connectivity index (χ1v) is 17.7. The van der Waals surface area contributed by atoms with Gasteiger partial charge >= 0.3 is 6.09 Å². The fraction of sp³-hybridized carbons (Fsp3) is 0.500. The topological polar surface area (TPSA) is 119 Å².